The summed E-state index contributed by atoms with van der Waals surface area (Å²) in [5.74, 6) is -0.460. The van der Waals surface area contributed by atoms with Crippen LogP contribution in [0.15, 0.2) is 30.7 Å². The van der Waals surface area contributed by atoms with Crippen molar-refractivity contribution in [2.45, 2.75) is 26.8 Å². The highest BCUT2D eigenvalue weighted by atomic mass is 16.2. The van der Waals surface area contributed by atoms with Gasteiger partial charge in [-0.15, -0.1) is 0 Å². The molecule has 28 heavy (non-hydrogen) atoms. The first-order valence-corrected chi connectivity index (χ1v) is 9.66. The molecular formula is C20H28N6O2. The Labute approximate surface area is 165 Å². The molecule has 8 nitrogen and oxygen atoms in total. The molecule has 0 spiro atoms. The molecule has 2 amide bonds. The van der Waals surface area contributed by atoms with Gasteiger partial charge >= 0.3 is 0 Å². The van der Waals surface area contributed by atoms with Crippen molar-refractivity contribution in [3.63, 3.8) is 0 Å². The zero-order chi connectivity index (χ0) is 20.1. The number of carbonyl (C=O) groups is 2. The van der Waals surface area contributed by atoms with E-state index in [1.807, 2.05) is 44.1 Å². The molecule has 2 N–H and O–H groups in total. The van der Waals surface area contributed by atoms with Crippen LogP contribution in [0.5, 0.6) is 0 Å². The van der Waals surface area contributed by atoms with E-state index < -0.39 is 0 Å². The second-order valence-electron chi connectivity index (χ2n) is 7.34. The second kappa shape index (κ2) is 8.97. The van der Waals surface area contributed by atoms with Gasteiger partial charge in [0, 0.05) is 50.7 Å². The van der Waals surface area contributed by atoms with Crippen LogP contribution in [0.4, 0.5) is 5.69 Å². The number of hydrogen-bond donors (Lipinski definition) is 2. The maximum atomic E-state index is 13.0. The number of hydrogen-bond acceptors (Lipinski definition) is 5. The highest BCUT2D eigenvalue weighted by Gasteiger charge is 2.33. The molecule has 1 saturated heterocycles. The molecule has 1 aliphatic rings. The summed E-state index contributed by atoms with van der Waals surface area (Å²) in [6.07, 6.45) is 5.89. The topological polar surface area (TPSA) is 92.2 Å². The quantitative estimate of drug-likeness (QED) is 0.784. The fourth-order valence-corrected chi connectivity index (χ4v) is 3.49. The Morgan fingerprint density at radius 2 is 2.07 bits per heavy atom. The molecule has 3 heterocycles. The first-order chi connectivity index (χ1) is 13.5. The van der Waals surface area contributed by atoms with Crippen LogP contribution in [0.1, 0.15) is 24.6 Å². The molecule has 150 valence electrons. The van der Waals surface area contributed by atoms with Crippen LogP contribution in [0, 0.1) is 18.8 Å². The van der Waals surface area contributed by atoms with Crippen LogP contribution in [0.3, 0.4) is 0 Å². The van der Waals surface area contributed by atoms with Crippen molar-refractivity contribution in [1.29, 1.82) is 0 Å². The summed E-state index contributed by atoms with van der Waals surface area (Å²) >= 11 is 0. The van der Waals surface area contributed by atoms with Gasteiger partial charge in [0.25, 0.3) is 0 Å². The Bertz CT molecular complexity index is 816. The lowest BCUT2D eigenvalue weighted by atomic mass is 9.88. The van der Waals surface area contributed by atoms with Gasteiger partial charge < -0.3 is 15.5 Å². The first kappa shape index (κ1) is 20.0. The predicted octanol–water partition coefficient (Wildman–Crippen LogP) is 1.34. The zero-order valence-corrected chi connectivity index (χ0v) is 16.7. The number of aryl methyl sites for hydroxylation is 2. The Balaban J connectivity index is 1.60. The van der Waals surface area contributed by atoms with E-state index in [2.05, 4.69) is 20.7 Å². The number of pyridine rings is 1. The summed E-state index contributed by atoms with van der Waals surface area (Å²) in [6.45, 7) is 6.19. The van der Waals surface area contributed by atoms with Crippen LogP contribution in [-0.2, 0) is 23.2 Å². The van der Waals surface area contributed by atoms with Crippen LogP contribution in [-0.4, -0.2) is 51.1 Å². The molecule has 0 aliphatic carbocycles. The highest BCUT2D eigenvalue weighted by molar-refractivity contribution is 5.93. The Morgan fingerprint density at radius 1 is 1.29 bits per heavy atom. The van der Waals surface area contributed by atoms with Gasteiger partial charge in [-0.05, 0) is 32.4 Å². The molecule has 0 aromatic carbocycles. The second-order valence-corrected chi connectivity index (χ2v) is 7.34. The molecular weight excluding hydrogens is 356 g/mol. The molecule has 1 fully saturated rings. The Kier molecular flexibility index (Phi) is 6.41. The number of rotatable bonds is 6. The predicted molar refractivity (Wildman–Crippen MR) is 106 cm³/mol. The van der Waals surface area contributed by atoms with Crippen molar-refractivity contribution in [3.8, 4) is 0 Å². The van der Waals surface area contributed by atoms with Gasteiger partial charge in [-0.1, -0.05) is 0 Å². The summed E-state index contributed by atoms with van der Waals surface area (Å²) in [6, 6.07) is 3.70. The molecule has 0 saturated carbocycles. The van der Waals surface area contributed by atoms with E-state index in [4.69, 9.17) is 0 Å². The lowest BCUT2D eigenvalue weighted by Crippen LogP contribution is -2.48. The summed E-state index contributed by atoms with van der Waals surface area (Å²) in [5.41, 5.74) is 2.58. The van der Waals surface area contributed by atoms with Crippen LogP contribution in [0.25, 0.3) is 0 Å². The largest absolute Gasteiger partial charge is 0.338 e. The zero-order valence-electron chi connectivity index (χ0n) is 16.7. The van der Waals surface area contributed by atoms with Gasteiger partial charge in [0.2, 0.25) is 11.8 Å². The van der Waals surface area contributed by atoms with Gasteiger partial charge in [-0.3, -0.25) is 19.3 Å². The average Bonchev–Trinajstić information content (AvgIpc) is 3.12. The van der Waals surface area contributed by atoms with E-state index >= 15 is 0 Å². The number of carbonyl (C=O) groups excluding carboxylic acids is 2. The third kappa shape index (κ3) is 4.95. The van der Waals surface area contributed by atoms with Gasteiger partial charge in [-0.25, -0.2) is 0 Å². The minimum Gasteiger partial charge on any atom is -0.338 e. The minimum absolute atomic E-state index is 0.0772. The SMILES string of the molecule is CCN(Cc1cnn(C)c1)C(=O)[C@@H]1CNC[C@H](C(=O)Nc2ccc(C)nc2)C1. The van der Waals surface area contributed by atoms with Gasteiger partial charge in [-0.2, -0.15) is 5.10 Å². The van der Waals surface area contributed by atoms with Crippen molar-refractivity contribution in [2.75, 3.05) is 25.0 Å². The van der Waals surface area contributed by atoms with Crippen LogP contribution >= 0.6 is 0 Å². The molecule has 2 aromatic rings. The van der Waals surface area contributed by atoms with Crippen molar-refractivity contribution < 1.29 is 9.59 Å². The minimum atomic E-state index is -0.249. The van der Waals surface area contributed by atoms with Crippen LogP contribution in [0.2, 0.25) is 0 Å². The molecule has 8 heteroatoms. The van der Waals surface area contributed by atoms with Gasteiger partial charge in [0.15, 0.2) is 0 Å². The van der Waals surface area contributed by atoms with E-state index in [0.29, 0.717) is 38.3 Å². The monoisotopic (exact) mass is 384 g/mol. The number of amides is 2. The lowest BCUT2D eigenvalue weighted by Gasteiger charge is -2.32. The number of nitrogens with zero attached hydrogens (tertiary/aromatic N) is 4. The van der Waals surface area contributed by atoms with Crippen molar-refractivity contribution in [3.05, 3.63) is 42.0 Å². The Hall–Kier alpha value is -2.74. The smallest absolute Gasteiger partial charge is 0.228 e. The van der Waals surface area contributed by atoms with Crippen LogP contribution < -0.4 is 10.6 Å². The molecule has 2 atom stereocenters. The maximum absolute atomic E-state index is 13.0. The number of piperidine rings is 1. The Morgan fingerprint density at radius 3 is 2.71 bits per heavy atom. The van der Waals surface area contributed by atoms with E-state index in [9.17, 15) is 9.59 Å². The maximum Gasteiger partial charge on any atom is 0.228 e. The highest BCUT2D eigenvalue weighted by Crippen LogP contribution is 2.21. The molecule has 3 rings (SSSR count). The number of aromatic nitrogens is 3. The van der Waals surface area contributed by atoms with Gasteiger partial charge in [0.1, 0.15) is 0 Å². The van der Waals surface area contributed by atoms with Gasteiger partial charge in [0.05, 0.1) is 29.9 Å². The summed E-state index contributed by atoms with van der Waals surface area (Å²) in [5, 5.41) is 10.3. The first-order valence-electron chi connectivity index (χ1n) is 9.66. The van der Waals surface area contributed by atoms with Crippen molar-refractivity contribution in [2.24, 2.45) is 18.9 Å². The van der Waals surface area contributed by atoms with E-state index in [0.717, 1.165) is 11.3 Å². The number of anilines is 1. The van der Waals surface area contributed by atoms with E-state index in [1.54, 1.807) is 17.1 Å². The average molecular weight is 384 g/mol. The molecule has 2 aromatic heterocycles. The van der Waals surface area contributed by atoms with Crippen molar-refractivity contribution >= 4 is 17.5 Å². The standard InChI is InChI=1S/C20H28N6O2/c1-4-26(13-15-8-23-25(3)12-15)20(28)17-7-16(9-21-10-17)19(27)24-18-6-5-14(2)22-11-18/h5-6,8,11-12,16-17,21H,4,7,9-10,13H2,1-3H3,(H,24,27)/t16-,17+/m1/s1. The van der Waals surface area contributed by atoms with E-state index in [1.165, 1.54) is 0 Å². The molecule has 0 bridgehead atoms. The van der Waals surface area contributed by atoms with E-state index in [-0.39, 0.29) is 23.7 Å². The number of nitrogens with one attached hydrogen (secondary N) is 2. The summed E-state index contributed by atoms with van der Waals surface area (Å²) in [4.78, 5) is 31.7. The third-order valence-corrected chi connectivity index (χ3v) is 5.07. The normalized spacial score (nSPS) is 19.2. The molecule has 0 radical (unpaired) electrons. The third-order valence-electron chi connectivity index (χ3n) is 5.07. The summed E-state index contributed by atoms with van der Waals surface area (Å²) < 4.78 is 1.73. The molecule has 1 aliphatic heterocycles. The summed E-state index contributed by atoms with van der Waals surface area (Å²) in [7, 11) is 1.86. The molecule has 0 unspecified atom stereocenters. The fourth-order valence-electron chi connectivity index (χ4n) is 3.49. The lowest BCUT2D eigenvalue weighted by molar-refractivity contribution is -0.137. The van der Waals surface area contributed by atoms with Crippen molar-refractivity contribution in [1.82, 2.24) is 25.0 Å². The fraction of sp³-hybridized carbons (Fsp3) is 0.500.